The van der Waals surface area contributed by atoms with Gasteiger partial charge in [-0.05, 0) is 32.6 Å². The lowest BCUT2D eigenvalue weighted by molar-refractivity contribution is -0.0179. The second kappa shape index (κ2) is 5.45. The van der Waals surface area contributed by atoms with Crippen molar-refractivity contribution in [2.75, 3.05) is 19.8 Å². The Morgan fingerprint density at radius 1 is 1.60 bits per heavy atom. The molecule has 86 valence electrons. The minimum absolute atomic E-state index is 0.0000231. The normalized spacial score (nSPS) is 21.7. The van der Waals surface area contributed by atoms with Crippen LogP contribution in [0.1, 0.15) is 26.7 Å². The van der Waals surface area contributed by atoms with Crippen molar-refractivity contribution in [2.45, 2.75) is 38.3 Å². The monoisotopic (exact) mass is 212 g/mol. The second-order valence-corrected chi connectivity index (χ2v) is 4.21. The Balaban J connectivity index is 2.25. The van der Waals surface area contributed by atoms with Crippen LogP contribution in [-0.2, 0) is 9.47 Å². The van der Waals surface area contributed by atoms with Crippen LogP contribution in [0.5, 0.6) is 0 Å². The van der Waals surface area contributed by atoms with E-state index in [0.29, 0.717) is 25.7 Å². The first-order valence-electron chi connectivity index (χ1n) is 5.52. The standard InChI is InChI=1S/C11H20N2O2/c1-3-14-6-9(2)15-8-11(13,7-12)10-4-5-10/h9-10H,3-6,8,13H2,1-2H3. The Kier molecular flexibility index (Phi) is 4.52. The average Bonchev–Trinajstić information content (AvgIpc) is 3.06. The van der Waals surface area contributed by atoms with E-state index in [9.17, 15) is 0 Å². The van der Waals surface area contributed by atoms with Crippen molar-refractivity contribution in [2.24, 2.45) is 11.7 Å². The van der Waals surface area contributed by atoms with Crippen LogP contribution < -0.4 is 5.73 Å². The fourth-order valence-corrected chi connectivity index (χ4v) is 1.45. The first-order chi connectivity index (χ1) is 7.12. The van der Waals surface area contributed by atoms with E-state index in [1.165, 1.54) is 0 Å². The van der Waals surface area contributed by atoms with Gasteiger partial charge in [0, 0.05) is 6.61 Å². The molecule has 0 amide bonds. The van der Waals surface area contributed by atoms with E-state index in [4.69, 9.17) is 20.5 Å². The molecule has 0 bridgehead atoms. The highest BCUT2D eigenvalue weighted by atomic mass is 16.5. The summed E-state index contributed by atoms with van der Waals surface area (Å²) in [5, 5.41) is 9.00. The third-order valence-electron chi connectivity index (χ3n) is 2.68. The van der Waals surface area contributed by atoms with Crippen molar-refractivity contribution >= 4 is 0 Å². The Hall–Kier alpha value is -0.630. The molecule has 0 aromatic heterocycles. The third-order valence-corrected chi connectivity index (χ3v) is 2.68. The van der Waals surface area contributed by atoms with E-state index < -0.39 is 5.54 Å². The summed E-state index contributed by atoms with van der Waals surface area (Å²) in [6.45, 7) is 5.42. The summed E-state index contributed by atoms with van der Waals surface area (Å²) in [4.78, 5) is 0. The van der Waals surface area contributed by atoms with Crippen molar-refractivity contribution in [3.63, 3.8) is 0 Å². The fraction of sp³-hybridized carbons (Fsp3) is 0.909. The Labute approximate surface area is 91.3 Å². The summed E-state index contributed by atoms with van der Waals surface area (Å²) in [5.41, 5.74) is 5.16. The van der Waals surface area contributed by atoms with Gasteiger partial charge in [0.15, 0.2) is 0 Å². The SMILES string of the molecule is CCOCC(C)OCC(N)(C#N)C1CC1. The van der Waals surface area contributed by atoms with Crippen LogP contribution in [0.3, 0.4) is 0 Å². The van der Waals surface area contributed by atoms with E-state index in [0.717, 1.165) is 12.8 Å². The fourth-order valence-electron chi connectivity index (χ4n) is 1.45. The van der Waals surface area contributed by atoms with Gasteiger partial charge in [-0.25, -0.2) is 0 Å². The summed E-state index contributed by atoms with van der Waals surface area (Å²) >= 11 is 0. The Morgan fingerprint density at radius 2 is 2.27 bits per heavy atom. The maximum Gasteiger partial charge on any atom is 0.130 e. The maximum atomic E-state index is 9.00. The molecule has 0 aliphatic heterocycles. The highest BCUT2D eigenvalue weighted by Gasteiger charge is 2.43. The number of nitriles is 1. The zero-order valence-corrected chi connectivity index (χ0v) is 9.53. The number of hydrogen-bond donors (Lipinski definition) is 1. The summed E-state index contributed by atoms with van der Waals surface area (Å²) < 4.78 is 10.8. The topological polar surface area (TPSA) is 68.3 Å². The van der Waals surface area contributed by atoms with E-state index in [-0.39, 0.29) is 6.10 Å². The van der Waals surface area contributed by atoms with Gasteiger partial charge in [-0.1, -0.05) is 0 Å². The smallest absolute Gasteiger partial charge is 0.130 e. The molecule has 0 heterocycles. The lowest BCUT2D eigenvalue weighted by Gasteiger charge is -2.23. The van der Waals surface area contributed by atoms with Crippen molar-refractivity contribution in [1.29, 1.82) is 5.26 Å². The molecule has 15 heavy (non-hydrogen) atoms. The zero-order valence-electron chi connectivity index (χ0n) is 9.53. The summed E-state index contributed by atoms with van der Waals surface area (Å²) in [6, 6.07) is 2.16. The molecule has 1 aliphatic rings. The molecule has 2 unspecified atom stereocenters. The van der Waals surface area contributed by atoms with Crippen LogP contribution >= 0.6 is 0 Å². The quantitative estimate of drug-likeness (QED) is 0.685. The first-order valence-corrected chi connectivity index (χ1v) is 5.52. The zero-order chi connectivity index (χ0) is 11.3. The van der Waals surface area contributed by atoms with Crippen molar-refractivity contribution < 1.29 is 9.47 Å². The molecular formula is C11H20N2O2. The minimum atomic E-state index is -0.791. The Bertz CT molecular complexity index is 235. The number of ether oxygens (including phenoxy) is 2. The number of nitrogens with two attached hydrogens (primary N) is 1. The highest BCUT2D eigenvalue weighted by molar-refractivity contribution is 5.13. The minimum Gasteiger partial charge on any atom is -0.379 e. The van der Waals surface area contributed by atoms with E-state index >= 15 is 0 Å². The van der Waals surface area contributed by atoms with Crippen molar-refractivity contribution in [1.82, 2.24) is 0 Å². The summed E-state index contributed by atoms with van der Waals surface area (Å²) in [7, 11) is 0. The highest BCUT2D eigenvalue weighted by Crippen LogP contribution is 2.38. The lowest BCUT2D eigenvalue weighted by atomic mass is 9.98. The molecule has 1 aliphatic carbocycles. The maximum absolute atomic E-state index is 9.00. The molecule has 0 aromatic carbocycles. The molecule has 4 nitrogen and oxygen atoms in total. The Morgan fingerprint density at radius 3 is 2.73 bits per heavy atom. The van der Waals surface area contributed by atoms with Crippen LogP contribution in [-0.4, -0.2) is 31.5 Å². The number of nitrogens with zero attached hydrogens (tertiary/aromatic N) is 1. The molecule has 1 fully saturated rings. The van der Waals surface area contributed by atoms with Gasteiger partial charge in [0.1, 0.15) is 5.54 Å². The van der Waals surface area contributed by atoms with Gasteiger partial charge in [-0.3, -0.25) is 0 Å². The van der Waals surface area contributed by atoms with Gasteiger partial charge in [0.05, 0.1) is 25.4 Å². The van der Waals surface area contributed by atoms with E-state index in [1.807, 2.05) is 13.8 Å². The van der Waals surface area contributed by atoms with E-state index in [1.54, 1.807) is 0 Å². The summed E-state index contributed by atoms with van der Waals surface area (Å²) in [5.74, 6) is 0.321. The van der Waals surface area contributed by atoms with Crippen molar-refractivity contribution in [3.8, 4) is 6.07 Å². The van der Waals surface area contributed by atoms with Crippen molar-refractivity contribution in [3.05, 3.63) is 0 Å². The van der Waals surface area contributed by atoms with Gasteiger partial charge in [0.2, 0.25) is 0 Å². The van der Waals surface area contributed by atoms with Gasteiger partial charge in [0.25, 0.3) is 0 Å². The molecule has 0 spiro atoms. The molecule has 0 aromatic rings. The van der Waals surface area contributed by atoms with Gasteiger partial charge in [-0.15, -0.1) is 0 Å². The lowest BCUT2D eigenvalue weighted by Crippen LogP contribution is -2.46. The molecule has 1 rings (SSSR count). The molecule has 2 N–H and O–H groups in total. The average molecular weight is 212 g/mol. The van der Waals surface area contributed by atoms with Crippen LogP contribution in [0.15, 0.2) is 0 Å². The van der Waals surface area contributed by atoms with Gasteiger partial charge >= 0.3 is 0 Å². The molecule has 4 heteroatoms. The van der Waals surface area contributed by atoms with Gasteiger partial charge in [-0.2, -0.15) is 5.26 Å². The molecule has 2 atom stereocenters. The number of rotatable bonds is 7. The second-order valence-electron chi connectivity index (χ2n) is 4.21. The van der Waals surface area contributed by atoms with Gasteiger partial charge < -0.3 is 15.2 Å². The largest absolute Gasteiger partial charge is 0.379 e. The summed E-state index contributed by atoms with van der Waals surface area (Å²) in [6.07, 6.45) is 2.10. The molecular weight excluding hydrogens is 192 g/mol. The first kappa shape index (κ1) is 12.4. The number of hydrogen-bond acceptors (Lipinski definition) is 4. The van der Waals surface area contributed by atoms with Crippen LogP contribution in [0.4, 0.5) is 0 Å². The molecule has 0 saturated heterocycles. The predicted octanol–water partition coefficient (Wildman–Crippen LogP) is 1.06. The molecule has 1 saturated carbocycles. The third kappa shape index (κ3) is 3.78. The van der Waals surface area contributed by atoms with Crippen LogP contribution in [0.25, 0.3) is 0 Å². The van der Waals surface area contributed by atoms with Crippen LogP contribution in [0.2, 0.25) is 0 Å². The van der Waals surface area contributed by atoms with E-state index in [2.05, 4.69) is 6.07 Å². The molecule has 0 radical (unpaired) electrons. The predicted molar refractivity (Wildman–Crippen MR) is 57.2 cm³/mol. The van der Waals surface area contributed by atoms with Crippen LogP contribution in [0, 0.1) is 17.2 Å².